The van der Waals surface area contributed by atoms with E-state index < -0.39 is 0 Å². The highest BCUT2D eigenvalue weighted by atomic mass is 35.5. The number of thiophene rings is 1. The molecule has 0 aliphatic heterocycles. The molecule has 0 aliphatic rings. The maximum absolute atomic E-state index is 6.10. The first-order valence-corrected chi connectivity index (χ1v) is 5.82. The second-order valence-corrected chi connectivity index (χ2v) is 4.79. The van der Waals surface area contributed by atoms with Crippen molar-refractivity contribution in [2.24, 2.45) is 0 Å². The standard InChI is InChI=1S/C11H12ClNS/c1-13-6-5-8-7-9-10(12)3-2-4-11(9)14-8/h2-4,7,13H,5-6H2,1H3. The Morgan fingerprint density at radius 3 is 3.00 bits per heavy atom. The molecule has 0 atom stereocenters. The van der Waals surface area contributed by atoms with Crippen molar-refractivity contribution < 1.29 is 0 Å². The molecule has 0 radical (unpaired) electrons. The van der Waals surface area contributed by atoms with E-state index >= 15 is 0 Å². The lowest BCUT2D eigenvalue weighted by atomic mass is 10.2. The van der Waals surface area contributed by atoms with E-state index in [1.165, 1.54) is 15.0 Å². The van der Waals surface area contributed by atoms with Gasteiger partial charge in [0.2, 0.25) is 0 Å². The highest BCUT2D eigenvalue weighted by molar-refractivity contribution is 7.19. The molecule has 0 spiro atoms. The van der Waals surface area contributed by atoms with E-state index in [0.29, 0.717) is 0 Å². The average molecular weight is 226 g/mol. The molecule has 0 saturated carbocycles. The topological polar surface area (TPSA) is 12.0 Å². The number of hydrogen-bond acceptors (Lipinski definition) is 2. The zero-order chi connectivity index (χ0) is 9.97. The molecule has 1 N–H and O–H groups in total. The molecule has 0 amide bonds. The number of hydrogen-bond donors (Lipinski definition) is 1. The molecule has 0 unspecified atom stereocenters. The summed E-state index contributed by atoms with van der Waals surface area (Å²) in [6.45, 7) is 1.02. The second-order valence-electron chi connectivity index (χ2n) is 3.22. The van der Waals surface area contributed by atoms with E-state index in [2.05, 4.69) is 17.4 Å². The van der Waals surface area contributed by atoms with Gasteiger partial charge in [0.25, 0.3) is 0 Å². The summed E-state index contributed by atoms with van der Waals surface area (Å²) < 4.78 is 1.28. The fraction of sp³-hybridized carbons (Fsp3) is 0.273. The molecule has 74 valence electrons. The van der Waals surface area contributed by atoms with E-state index in [0.717, 1.165) is 18.0 Å². The minimum atomic E-state index is 0.856. The highest BCUT2D eigenvalue weighted by Crippen LogP contribution is 2.30. The van der Waals surface area contributed by atoms with Gasteiger partial charge in [-0.2, -0.15) is 0 Å². The number of fused-ring (bicyclic) bond motifs is 1. The summed E-state index contributed by atoms with van der Waals surface area (Å²) in [4.78, 5) is 1.39. The molecule has 0 fully saturated rings. The summed E-state index contributed by atoms with van der Waals surface area (Å²) in [6, 6.07) is 8.26. The molecule has 2 rings (SSSR count). The summed E-state index contributed by atoms with van der Waals surface area (Å²) in [6.07, 6.45) is 1.08. The first-order chi connectivity index (χ1) is 6.81. The van der Waals surface area contributed by atoms with Crippen molar-refractivity contribution in [1.82, 2.24) is 5.32 Å². The van der Waals surface area contributed by atoms with Crippen molar-refractivity contribution in [3.63, 3.8) is 0 Å². The number of likely N-dealkylation sites (N-methyl/N-ethyl adjacent to an activating group) is 1. The Kier molecular flexibility index (Phi) is 3.06. The third kappa shape index (κ3) is 1.92. The first-order valence-electron chi connectivity index (χ1n) is 4.63. The summed E-state index contributed by atoms with van der Waals surface area (Å²) >= 11 is 7.92. The Labute approximate surface area is 92.7 Å². The minimum absolute atomic E-state index is 0.856. The van der Waals surface area contributed by atoms with Crippen LogP contribution in [0.3, 0.4) is 0 Å². The van der Waals surface area contributed by atoms with Crippen molar-refractivity contribution in [3.8, 4) is 0 Å². The van der Waals surface area contributed by atoms with E-state index in [1.54, 1.807) is 0 Å². The Bertz CT molecular complexity index is 436. The van der Waals surface area contributed by atoms with E-state index in [4.69, 9.17) is 11.6 Å². The lowest BCUT2D eigenvalue weighted by Crippen LogP contribution is -2.09. The summed E-state index contributed by atoms with van der Waals surface area (Å²) in [5, 5.41) is 5.19. The van der Waals surface area contributed by atoms with E-state index in [9.17, 15) is 0 Å². The maximum Gasteiger partial charge on any atom is 0.0492 e. The van der Waals surface area contributed by atoms with Gasteiger partial charge in [-0.05, 0) is 38.2 Å². The molecular weight excluding hydrogens is 214 g/mol. The molecule has 3 heteroatoms. The van der Waals surface area contributed by atoms with Crippen LogP contribution in [0.1, 0.15) is 4.88 Å². The van der Waals surface area contributed by atoms with Gasteiger partial charge in [-0.1, -0.05) is 17.7 Å². The molecule has 0 aliphatic carbocycles. The van der Waals surface area contributed by atoms with Crippen molar-refractivity contribution >= 4 is 33.0 Å². The molecule has 1 aromatic heterocycles. The molecule has 1 nitrogen and oxygen atoms in total. The minimum Gasteiger partial charge on any atom is -0.319 e. The monoisotopic (exact) mass is 225 g/mol. The predicted octanol–water partition coefficient (Wildman–Crippen LogP) is 3.32. The van der Waals surface area contributed by atoms with Crippen LogP contribution in [0.4, 0.5) is 0 Å². The van der Waals surface area contributed by atoms with Crippen LogP contribution in [0.25, 0.3) is 10.1 Å². The van der Waals surface area contributed by atoms with E-state index in [-0.39, 0.29) is 0 Å². The smallest absolute Gasteiger partial charge is 0.0492 e. The summed E-state index contributed by atoms with van der Waals surface area (Å²) in [5.41, 5.74) is 0. The normalized spacial score (nSPS) is 11.0. The van der Waals surface area contributed by atoms with Crippen LogP contribution in [-0.2, 0) is 6.42 Å². The Morgan fingerprint density at radius 2 is 2.29 bits per heavy atom. The van der Waals surface area contributed by atoms with Gasteiger partial charge in [0, 0.05) is 20.0 Å². The van der Waals surface area contributed by atoms with Crippen LogP contribution in [-0.4, -0.2) is 13.6 Å². The van der Waals surface area contributed by atoms with Crippen LogP contribution < -0.4 is 5.32 Å². The van der Waals surface area contributed by atoms with Crippen molar-refractivity contribution in [3.05, 3.63) is 34.2 Å². The van der Waals surface area contributed by atoms with Gasteiger partial charge < -0.3 is 5.32 Å². The van der Waals surface area contributed by atoms with Crippen molar-refractivity contribution in [1.29, 1.82) is 0 Å². The Morgan fingerprint density at radius 1 is 1.43 bits per heavy atom. The third-order valence-corrected chi connectivity index (χ3v) is 3.67. The van der Waals surface area contributed by atoms with Gasteiger partial charge >= 0.3 is 0 Å². The molecule has 1 heterocycles. The fourth-order valence-electron chi connectivity index (χ4n) is 1.45. The molecule has 14 heavy (non-hydrogen) atoms. The van der Waals surface area contributed by atoms with Gasteiger partial charge in [0.1, 0.15) is 0 Å². The fourth-order valence-corrected chi connectivity index (χ4v) is 2.82. The van der Waals surface area contributed by atoms with Gasteiger partial charge in [-0.3, -0.25) is 0 Å². The van der Waals surface area contributed by atoms with E-state index in [1.807, 2.05) is 30.5 Å². The highest BCUT2D eigenvalue weighted by Gasteiger charge is 2.03. The lowest BCUT2D eigenvalue weighted by molar-refractivity contribution is 0.799. The lowest BCUT2D eigenvalue weighted by Gasteiger charge is -1.93. The van der Waals surface area contributed by atoms with Crippen molar-refractivity contribution in [2.45, 2.75) is 6.42 Å². The van der Waals surface area contributed by atoms with Crippen LogP contribution in [0.2, 0.25) is 5.02 Å². The maximum atomic E-state index is 6.10. The zero-order valence-electron chi connectivity index (χ0n) is 8.01. The quantitative estimate of drug-likeness (QED) is 0.845. The molecular formula is C11H12ClNS. The third-order valence-electron chi connectivity index (χ3n) is 2.18. The predicted molar refractivity (Wildman–Crippen MR) is 64.5 cm³/mol. The molecule has 0 bridgehead atoms. The van der Waals surface area contributed by atoms with Gasteiger partial charge in [-0.15, -0.1) is 11.3 Å². The molecule has 0 saturated heterocycles. The summed E-state index contributed by atoms with van der Waals surface area (Å²) in [5.74, 6) is 0. The Balaban J connectivity index is 2.36. The van der Waals surface area contributed by atoms with Gasteiger partial charge in [0.15, 0.2) is 0 Å². The first kappa shape index (κ1) is 9.97. The number of halogens is 1. The number of rotatable bonds is 3. The van der Waals surface area contributed by atoms with Crippen LogP contribution in [0.5, 0.6) is 0 Å². The zero-order valence-corrected chi connectivity index (χ0v) is 9.58. The largest absolute Gasteiger partial charge is 0.319 e. The van der Waals surface area contributed by atoms with Crippen molar-refractivity contribution in [2.75, 3.05) is 13.6 Å². The average Bonchev–Trinajstić information content (AvgIpc) is 2.59. The number of nitrogens with one attached hydrogen (secondary N) is 1. The number of benzene rings is 1. The SMILES string of the molecule is CNCCc1cc2c(Cl)cccc2s1. The van der Waals surface area contributed by atoms with Crippen LogP contribution in [0.15, 0.2) is 24.3 Å². The second kappa shape index (κ2) is 4.30. The van der Waals surface area contributed by atoms with Gasteiger partial charge in [-0.25, -0.2) is 0 Å². The molecule has 2 aromatic rings. The van der Waals surface area contributed by atoms with Crippen LogP contribution in [0, 0.1) is 0 Å². The summed E-state index contributed by atoms with van der Waals surface area (Å²) in [7, 11) is 1.97. The van der Waals surface area contributed by atoms with Crippen LogP contribution >= 0.6 is 22.9 Å². The van der Waals surface area contributed by atoms with Gasteiger partial charge in [0.05, 0.1) is 0 Å². The Hall–Kier alpha value is -0.570. The molecule has 1 aromatic carbocycles.